The van der Waals surface area contributed by atoms with Gasteiger partial charge in [0.05, 0.1) is 27.3 Å². The molecule has 1 fully saturated rings. The quantitative estimate of drug-likeness (QED) is 0.798. The molecular formula is C24H32ClNO2. The van der Waals surface area contributed by atoms with Crippen LogP contribution >= 0.6 is 0 Å². The molecule has 2 atom stereocenters. The van der Waals surface area contributed by atoms with Crippen molar-refractivity contribution >= 4 is 0 Å². The predicted molar refractivity (Wildman–Crippen MR) is 109 cm³/mol. The van der Waals surface area contributed by atoms with Crippen molar-refractivity contribution in [3.63, 3.8) is 0 Å². The SMILES string of the molecule is COc1cc2c(cc1OC)[C@H](C)[NH+](CC1(c3ccccc3)CCCC1)CC2.[Cl-]. The second kappa shape index (κ2) is 8.75. The highest BCUT2D eigenvalue weighted by molar-refractivity contribution is 5.48. The monoisotopic (exact) mass is 401 g/mol. The van der Waals surface area contributed by atoms with Gasteiger partial charge in [-0.1, -0.05) is 43.2 Å². The zero-order valence-electron chi connectivity index (χ0n) is 17.3. The first-order valence-electron chi connectivity index (χ1n) is 10.3. The molecule has 2 aliphatic rings. The third-order valence-corrected chi connectivity index (χ3v) is 6.95. The maximum absolute atomic E-state index is 5.57. The van der Waals surface area contributed by atoms with Gasteiger partial charge in [0.2, 0.25) is 0 Å². The Balaban J connectivity index is 0.00000225. The Morgan fingerprint density at radius 3 is 2.29 bits per heavy atom. The van der Waals surface area contributed by atoms with E-state index >= 15 is 0 Å². The van der Waals surface area contributed by atoms with Crippen LogP contribution in [0.25, 0.3) is 0 Å². The van der Waals surface area contributed by atoms with Crippen LogP contribution in [0.15, 0.2) is 42.5 Å². The lowest BCUT2D eigenvalue weighted by Gasteiger charge is -2.39. The molecule has 0 saturated heterocycles. The molecule has 2 aromatic rings. The van der Waals surface area contributed by atoms with Gasteiger partial charge in [0, 0.05) is 17.4 Å². The van der Waals surface area contributed by atoms with Gasteiger partial charge in [-0.2, -0.15) is 0 Å². The maximum atomic E-state index is 5.57. The van der Waals surface area contributed by atoms with E-state index in [9.17, 15) is 0 Å². The Hall–Kier alpha value is -1.71. The molecule has 3 nitrogen and oxygen atoms in total. The van der Waals surface area contributed by atoms with E-state index < -0.39 is 0 Å². The fraction of sp³-hybridized carbons (Fsp3) is 0.500. The lowest BCUT2D eigenvalue weighted by atomic mass is 9.77. The van der Waals surface area contributed by atoms with Crippen molar-refractivity contribution in [1.82, 2.24) is 0 Å². The van der Waals surface area contributed by atoms with Crippen LogP contribution < -0.4 is 26.8 Å². The molecule has 0 amide bonds. The molecule has 0 aromatic heterocycles. The summed E-state index contributed by atoms with van der Waals surface area (Å²) in [5.41, 5.74) is 4.73. The van der Waals surface area contributed by atoms with Crippen LogP contribution in [-0.4, -0.2) is 27.3 Å². The maximum Gasteiger partial charge on any atom is 0.161 e. The number of hydrogen-bond donors (Lipinski definition) is 1. The summed E-state index contributed by atoms with van der Waals surface area (Å²) < 4.78 is 11.1. The minimum atomic E-state index is 0. The Morgan fingerprint density at radius 1 is 1.00 bits per heavy atom. The number of nitrogens with one attached hydrogen (secondary N) is 1. The van der Waals surface area contributed by atoms with E-state index in [0.29, 0.717) is 11.5 Å². The van der Waals surface area contributed by atoms with Crippen LogP contribution in [0.2, 0.25) is 0 Å². The molecule has 0 radical (unpaired) electrons. The van der Waals surface area contributed by atoms with Crippen LogP contribution in [0.5, 0.6) is 11.5 Å². The molecule has 0 spiro atoms. The van der Waals surface area contributed by atoms with E-state index in [1.807, 2.05) is 0 Å². The molecule has 1 N–H and O–H groups in total. The van der Waals surface area contributed by atoms with Crippen molar-refractivity contribution in [2.24, 2.45) is 0 Å². The van der Waals surface area contributed by atoms with E-state index in [4.69, 9.17) is 9.47 Å². The summed E-state index contributed by atoms with van der Waals surface area (Å²) in [4.78, 5) is 1.71. The highest BCUT2D eigenvalue weighted by atomic mass is 35.5. The molecule has 0 bridgehead atoms. The van der Waals surface area contributed by atoms with Gasteiger partial charge in [-0.05, 0) is 43.0 Å². The average molecular weight is 402 g/mol. The molecule has 1 saturated carbocycles. The van der Waals surface area contributed by atoms with Crippen molar-refractivity contribution < 1.29 is 26.8 Å². The molecule has 4 heteroatoms. The van der Waals surface area contributed by atoms with Crippen LogP contribution in [0.4, 0.5) is 0 Å². The first-order chi connectivity index (χ1) is 13.2. The Labute approximate surface area is 175 Å². The number of ether oxygens (including phenoxy) is 2. The Morgan fingerprint density at radius 2 is 1.64 bits per heavy atom. The van der Waals surface area contributed by atoms with Crippen molar-refractivity contribution in [3.8, 4) is 11.5 Å². The van der Waals surface area contributed by atoms with Crippen molar-refractivity contribution in [1.29, 1.82) is 0 Å². The average Bonchev–Trinajstić information content (AvgIpc) is 3.20. The summed E-state index contributed by atoms with van der Waals surface area (Å²) in [6, 6.07) is 16.1. The van der Waals surface area contributed by atoms with Crippen molar-refractivity contribution in [2.45, 2.75) is 50.5 Å². The first-order valence-corrected chi connectivity index (χ1v) is 10.3. The molecule has 152 valence electrons. The fourth-order valence-electron chi connectivity index (χ4n) is 5.38. The van der Waals surface area contributed by atoms with Gasteiger partial charge in [0.25, 0.3) is 0 Å². The number of fused-ring (bicyclic) bond motifs is 1. The number of rotatable bonds is 5. The van der Waals surface area contributed by atoms with E-state index in [1.54, 1.807) is 24.7 Å². The van der Waals surface area contributed by atoms with E-state index in [2.05, 4.69) is 49.4 Å². The molecule has 28 heavy (non-hydrogen) atoms. The fourth-order valence-corrected chi connectivity index (χ4v) is 5.38. The number of quaternary nitrogens is 1. The van der Waals surface area contributed by atoms with Crippen molar-refractivity contribution in [2.75, 3.05) is 27.3 Å². The van der Waals surface area contributed by atoms with Gasteiger partial charge in [-0.25, -0.2) is 0 Å². The Kier molecular flexibility index (Phi) is 6.57. The van der Waals surface area contributed by atoms with Gasteiger partial charge < -0.3 is 26.8 Å². The van der Waals surface area contributed by atoms with Gasteiger partial charge in [-0.3, -0.25) is 0 Å². The third kappa shape index (κ3) is 3.75. The summed E-state index contributed by atoms with van der Waals surface area (Å²) in [5, 5.41) is 0. The molecular weight excluding hydrogens is 370 g/mol. The minimum Gasteiger partial charge on any atom is -1.00 e. The predicted octanol–water partition coefficient (Wildman–Crippen LogP) is 0.722. The minimum absolute atomic E-state index is 0. The normalized spacial score (nSPS) is 22.8. The lowest BCUT2D eigenvalue weighted by Crippen LogP contribution is -3.14. The lowest BCUT2D eigenvalue weighted by molar-refractivity contribution is -0.936. The highest BCUT2D eigenvalue weighted by Gasteiger charge is 2.42. The third-order valence-electron chi connectivity index (χ3n) is 6.95. The number of hydrogen-bond acceptors (Lipinski definition) is 2. The van der Waals surface area contributed by atoms with Crippen LogP contribution in [0.1, 0.15) is 55.3 Å². The topological polar surface area (TPSA) is 22.9 Å². The zero-order valence-corrected chi connectivity index (χ0v) is 18.0. The second-order valence-electron chi connectivity index (χ2n) is 8.32. The molecule has 1 aliphatic heterocycles. The number of benzene rings is 2. The zero-order chi connectivity index (χ0) is 18.9. The van der Waals surface area contributed by atoms with Crippen LogP contribution in [-0.2, 0) is 11.8 Å². The molecule has 2 aromatic carbocycles. The standard InChI is InChI=1S/C24H31NO2.ClH/c1-18-21-16-23(27-3)22(26-2)15-19(21)11-14-25(18)17-24(12-7-8-13-24)20-9-5-4-6-10-20;/h4-6,9-10,15-16,18H,7-8,11-14,17H2,1-3H3;1H/t18-;/m0./s1. The highest BCUT2D eigenvalue weighted by Crippen LogP contribution is 2.41. The van der Waals surface area contributed by atoms with Gasteiger partial charge in [0.1, 0.15) is 6.04 Å². The molecule has 1 aliphatic carbocycles. The van der Waals surface area contributed by atoms with Crippen molar-refractivity contribution in [3.05, 3.63) is 59.2 Å². The smallest absolute Gasteiger partial charge is 0.161 e. The summed E-state index contributed by atoms with van der Waals surface area (Å²) in [6.07, 6.45) is 6.48. The van der Waals surface area contributed by atoms with Gasteiger partial charge in [0.15, 0.2) is 11.5 Å². The van der Waals surface area contributed by atoms with Crippen LogP contribution in [0.3, 0.4) is 0 Å². The molecule has 1 unspecified atom stereocenters. The van der Waals surface area contributed by atoms with E-state index in [1.165, 1.54) is 49.9 Å². The van der Waals surface area contributed by atoms with E-state index in [-0.39, 0.29) is 12.4 Å². The number of methoxy groups -OCH3 is 2. The number of halogens is 1. The second-order valence-corrected chi connectivity index (χ2v) is 8.32. The summed E-state index contributed by atoms with van der Waals surface area (Å²) in [6.45, 7) is 4.80. The molecule has 4 rings (SSSR count). The summed E-state index contributed by atoms with van der Waals surface area (Å²) in [7, 11) is 3.45. The van der Waals surface area contributed by atoms with E-state index in [0.717, 1.165) is 17.9 Å². The largest absolute Gasteiger partial charge is 1.00 e. The summed E-state index contributed by atoms with van der Waals surface area (Å²) in [5.74, 6) is 1.70. The Bertz CT molecular complexity index is 787. The van der Waals surface area contributed by atoms with Gasteiger partial charge in [-0.15, -0.1) is 0 Å². The summed E-state index contributed by atoms with van der Waals surface area (Å²) >= 11 is 0. The first kappa shape index (κ1) is 21.0. The molecule has 1 heterocycles. The van der Waals surface area contributed by atoms with Crippen LogP contribution in [0, 0.1) is 0 Å². The van der Waals surface area contributed by atoms with Gasteiger partial charge >= 0.3 is 0 Å².